The van der Waals surface area contributed by atoms with Gasteiger partial charge in [0, 0.05) is 55.3 Å². The van der Waals surface area contributed by atoms with Crippen molar-refractivity contribution in [3.8, 4) is 0 Å². The number of likely N-dealkylation sites (tertiary alicyclic amines) is 1. The number of fused-ring (bicyclic) bond motifs is 1. The number of nitrogens with one attached hydrogen (secondary N) is 1. The van der Waals surface area contributed by atoms with E-state index in [1.54, 1.807) is 11.8 Å². The van der Waals surface area contributed by atoms with Crippen LogP contribution in [0.1, 0.15) is 41.4 Å². The fourth-order valence-electron chi connectivity index (χ4n) is 3.49. The number of aromatic amines is 1. The molecule has 0 saturated carbocycles. The first kappa shape index (κ1) is 16.6. The maximum Gasteiger partial charge on any atom is 0.253 e. The molecule has 1 saturated heterocycles. The molecule has 1 fully saturated rings. The van der Waals surface area contributed by atoms with Crippen molar-refractivity contribution < 1.29 is 9.59 Å². The van der Waals surface area contributed by atoms with Crippen molar-refractivity contribution >= 4 is 22.7 Å². The number of rotatable bonds is 2. The maximum absolute atomic E-state index is 12.8. The number of aromatic nitrogens is 1. The van der Waals surface area contributed by atoms with Gasteiger partial charge in [-0.25, -0.2) is 0 Å². The number of hydrogen-bond acceptors (Lipinski definition) is 2. The van der Waals surface area contributed by atoms with E-state index < -0.39 is 0 Å². The molecule has 1 aliphatic rings. The maximum atomic E-state index is 12.8. The largest absolute Gasteiger partial charge is 0.358 e. The van der Waals surface area contributed by atoms with Crippen molar-refractivity contribution in [2.24, 2.45) is 0 Å². The number of benzene rings is 1. The van der Waals surface area contributed by atoms with Gasteiger partial charge in [0.05, 0.1) is 0 Å². The van der Waals surface area contributed by atoms with Gasteiger partial charge in [-0.15, -0.1) is 0 Å². The lowest BCUT2D eigenvalue weighted by molar-refractivity contribution is -0.130. The molecule has 1 aromatic carbocycles. The van der Waals surface area contributed by atoms with E-state index in [0.717, 1.165) is 35.0 Å². The first-order valence-electron chi connectivity index (χ1n) is 8.50. The van der Waals surface area contributed by atoms with Gasteiger partial charge in [-0.1, -0.05) is 0 Å². The van der Waals surface area contributed by atoms with Crippen LogP contribution in [0, 0.1) is 13.8 Å². The smallest absolute Gasteiger partial charge is 0.253 e. The summed E-state index contributed by atoms with van der Waals surface area (Å²) < 4.78 is 0. The van der Waals surface area contributed by atoms with Gasteiger partial charge in [0.1, 0.15) is 0 Å². The first-order chi connectivity index (χ1) is 11.4. The number of amides is 2. The monoisotopic (exact) mass is 327 g/mol. The van der Waals surface area contributed by atoms with Gasteiger partial charge < -0.3 is 14.8 Å². The van der Waals surface area contributed by atoms with Crippen molar-refractivity contribution in [1.29, 1.82) is 0 Å². The second kappa shape index (κ2) is 6.30. The molecule has 1 aromatic heterocycles. The third-order valence-corrected chi connectivity index (χ3v) is 5.35. The molecule has 3 rings (SSSR count). The molecule has 5 heteroatoms. The molecule has 0 atom stereocenters. The van der Waals surface area contributed by atoms with Crippen LogP contribution < -0.4 is 0 Å². The van der Waals surface area contributed by atoms with E-state index in [1.807, 2.05) is 37.1 Å². The van der Waals surface area contributed by atoms with E-state index in [0.29, 0.717) is 13.1 Å². The minimum Gasteiger partial charge on any atom is -0.358 e. The Morgan fingerprint density at radius 2 is 1.88 bits per heavy atom. The molecule has 1 aliphatic heterocycles. The Morgan fingerprint density at radius 3 is 2.50 bits per heavy atom. The minimum atomic E-state index is 0.0825. The third-order valence-electron chi connectivity index (χ3n) is 5.35. The van der Waals surface area contributed by atoms with Gasteiger partial charge in [-0.2, -0.15) is 0 Å². The van der Waals surface area contributed by atoms with Crippen molar-refractivity contribution in [2.45, 2.75) is 39.7 Å². The zero-order chi connectivity index (χ0) is 17.4. The Morgan fingerprint density at radius 1 is 1.21 bits per heavy atom. The van der Waals surface area contributed by atoms with E-state index in [9.17, 15) is 9.59 Å². The van der Waals surface area contributed by atoms with E-state index in [4.69, 9.17) is 0 Å². The molecule has 5 nitrogen and oxygen atoms in total. The topological polar surface area (TPSA) is 56.4 Å². The number of piperidine rings is 1. The van der Waals surface area contributed by atoms with E-state index in [-0.39, 0.29) is 17.9 Å². The Kier molecular flexibility index (Phi) is 4.35. The molecule has 24 heavy (non-hydrogen) atoms. The second-order valence-corrected chi connectivity index (χ2v) is 6.79. The molecular weight excluding hydrogens is 302 g/mol. The van der Waals surface area contributed by atoms with Crippen LogP contribution in [0.25, 0.3) is 10.9 Å². The molecule has 1 N–H and O–H groups in total. The lowest BCUT2D eigenvalue weighted by Crippen LogP contribution is -2.46. The van der Waals surface area contributed by atoms with Crippen LogP contribution in [-0.4, -0.2) is 52.8 Å². The Hall–Kier alpha value is -2.30. The van der Waals surface area contributed by atoms with Crippen LogP contribution >= 0.6 is 0 Å². The quantitative estimate of drug-likeness (QED) is 0.922. The van der Waals surface area contributed by atoms with Gasteiger partial charge >= 0.3 is 0 Å². The number of hydrogen-bond donors (Lipinski definition) is 1. The summed E-state index contributed by atoms with van der Waals surface area (Å²) in [6.07, 6.45) is 1.68. The van der Waals surface area contributed by atoms with Crippen LogP contribution in [0.5, 0.6) is 0 Å². The predicted molar refractivity (Wildman–Crippen MR) is 95.1 cm³/mol. The number of nitrogens with zero attached hydrogens (tertiary/aromatic N) is 2. The molecule has 2 aromatic rings. The van der Waals surface area contributed by atoms with Crippen LogP contribution in [0.2, 0.25) is 0 Å². The molecule has 0 aliphatic carbocycles. The van der Waals surface area contributed by atoms with E-state index in [2.05, 4.69) is 11.9 Å². The molecule has 0 radical (unpaired) electrons. The highest BCUT2D eigenvalue weighted by atomic mass is 16.2. The van der Waals surface area contributed by atoms with E-state index in [1.165, 1.54) is 5.56 Å². The molecule has 2 amide bonds. The normalized spacial score (nSPS) is 15.8. The molecular formula is C19H25N3O2. The number of H-pyrrole nitrogens is 1. The summed E-state index contributed by atoms with van der Waals surface area (Å²) in [5.74, 6) is 0.169. The van der Waals surface area contributed by atoms with Crippen molar-refractivity contribution in [3.05, 3.63) is 35.0 Å². The average molecular weight is 327 g/mol. The molecule has 0 spiro atoms. The summed E-state index contributed by atoms with van der Waals surface area (Å²) in [6, 6.07) is 6.11. The Balaban J connectivity index is 1.74. The van der Waals surface area contributed by atoms with Crippen LogP contribution in [0.15, 0.2) is 18.2 Å². The number of carbonyl (C=O) groups excluding carboxylic acids is 2. The zero-order valence-corrected chi connectivity index (χ0v) is 14.8. The highest BCUT2D eigenvalue weighted by Crippen LogP contribution is 2.24. The highest BCUT2D eigenvalue weighted by Gasteiger charge is 2.27. The van der Waals surface area contributed by atoms with Gasteiger partial charge in [0.2, 0.25) is 5.91 Å². The third kappa shape index (κ3) is 2.90. The van der Waals surface area contributed by atoms with Crippen molar-refractivity contribution in [3.63, 3.8) is 0 Å². The lowest BCUT2D eigenvalue weighted by Gasteiger charge is -2.36. The molecule has 0 unspecified atom stereocenters. The lowest BCUT2D eigenvalue weighted by atomic mass is 10.0. The summed E-state index contributed by atoms with van der Waals surface area (Å²) in [6.45, 7) is 7.11. The van der Waals surface area contributed by atoms with Gasteiger partial charge in [0.15, 0.2) is 0 Å². The fraction of sp³-hybridized carbons (Fsp3) is 0.474. The Bertz CT molecular complexity index is 785. The fourth-order valence-corrected chi connectivity index (χ4v) is 3.49. The average Bonchev–Trinajstić information content (AvgIpc) is 2.87. The van der Waals surface area contributed by atoms with Crippen LogP contribution in [0.4, 0.5) is 0 Å². The molecule has 2 heterocycles. The number of carbonyl (C=O) groups is 2. The standard InChI is InChI=1S/C19H25N3O2/c1-12-13(2)20-18-6-5-15(11-17(12)18)19(24)22-9-7-16(8-10-22)21(4)14(3)23/h5-6,11,16,20H,7-10H2,1-4H3. The Labute approximate surface area is 142 Å². The molecule has 0 bridgehead atoms. The summed E-state index contributed by atoms with van der Waals surface area (Å²) in [5, 5.41) is 1.12. The van der Waals surface area contributed by atoms with Gasteiger partial charge in [0.25, 0.3) is 5.91 Å². The summed E-state index contributed by atoms with van der Waals surface area (Å²) >= 11 is 0. The van der Waals surface area contributed by atoms with Crippen molar-refractivity contribution in [2.75, 3.05) is 20.1 Å². The first-order valence-corrected chi connectivity index (χ1v) is 8.50. The summed E-state index contributed by atoms with van der Waals surface area (Å²) in [5.41, 5.74) is 4.15. The minimum absolute atomic E-state index is 0.0825. The summed E-state index contributed by atoms with van der Waals surface area (Å²) in [4.78, 5) is 31.3. The molecule has 128 valence electrons. The summed E-state index contributed by atoms with van der Waals surface area (Å²) in [7, 11) is 1.84. The van der Waals surface area contributed by atoms with Crippen LogP contribution in [-0.2, 0) is 4.79 Å². The zero-order valence-electron chi connectivity index (χ0n) is 14.8. The van der Waals surface area contributed by atoms with Crippen molar-refractivity contribution in [1.82, 2.24) is 14.8 Å². The highest BCUT2D eigenvalue weighted by molar-refractivity contribution is 5.99. The van der Waals surface area contributed by atoms with Crippen LogP contribution in [0.3, 0.4) is 0 Å². The second-order valence-electron chi connectivity index (χ2n) is 6.79. The van der Waals surface area contributed by atoms with Gasteiger partial charge in [-0.3, -0.25) is 9.59 Å². The van der Waals surface area contributed by atoms with Gasteiger partial charge in [-0.05, 0) is 50.5 Å². The predicted octanol–water partition coefficient (Wildman–Crippen LogP) is 2.87. The SMILES string of the molecule is CC(=O)N(C)C1CCN(C(=O)c2ccc3[nH]c(C)c(C)c3c2)CC1. The van der Waals surface area contributed by atoms with E-state index >= 15 is 0 Å². The number of aryl methyl sites for hydroxylation is 2.